The predicted molar refractivity (Wildman–Crippen MR) is 133 cm³/mol. The smallest absolute Gasteiger partial charge is 0.407 e. The van der Waals surface area contributed by atoms with E-state index in [9.17, 15) is 19.5 Å². The van der Waals surface area contributed by atoms with Gasteiger partial charge in [-0.3, -0.25) is 9.59 Å². The lowest BCUT2D eigenvalue weighted by Gasteiger charge is -2.25. The van der Waals surface area contributed by atoms with Crippen LogP contribution in [0, 0.1) is 5.41 Å². The van der Waals surface area contributed by atoms with Crippen LogP contribution in [0.2, 0.25) is 0 Å². The third-order valence-corrected chi connectivity index (χ3v) is 7.37. The van der Waals surface area contributed by atoms with Crippen LogP contribution in [0.3, 0.4) is 0 Å². The zero-order valence-corrected chi connectivity index (χ0v) is 20.2. The minimum atomic E-state index is -0.865. The second-order valence-electron chi connectivity index (χ2n) is 9.73. The molecule has 1 fully saturated rings. The Morgan fingerprint density at radius 3 is 2.20 bits per heavy atom. The molecule has 0 aromatic heterocycles. The van der Waals surface area contributed by atoms with Crippen molar-refractivity contribution in [3.63, 3.8) is 0 Å². The van der Waals surface area contributed by atoms with E-state index in [-0.39, 0.29) is 37.4 Å². The van der Waals surface area contributed by atoms with Crippen LogP contribution >= 0.6 is 0 Å². The Balaban J connectivity index is 1.31. The maximum absolute atomic E-state index is 12.7. The number of amides is 2. The highest BCUT2D eigenvalue weighted by Gasteiger charge is 2.41. The summed E-state index contributed by atoms with van der Waals surface area (Å²) < 4.78 is 5.63. The Morgan fingerprint density at radius 2 is 1.63 bits per heavy atom. The van der Waals surface area contributed by atoms with Crippen molar-refractivity contribution >= 4 is 18.0 Å². The fraction of sp³-hybridized carbons (Fsp3) is 0.464. The number of carbonyl (C=O) groups excluding carboxylic acids is 2. The van der Waals surface area contributed by atoms with Gasteiger partial charge in [0.1, 0.15) is 6.61 Å². The van der Waals surface area contributed by atoms with Crippen LogP contribution in [0.25, 0.3) is 11.1 Å². The van der Waals surface area contributed by atoms with Crippen molar-refractivity contribution in [3.05, 3.63) is 59.7 Å². The first kappa shape index (κ1) is 24.8. The van der Waals surface area contributed by atoms with Gasteiger partial charge in [-0.2, -0.15) is 0 Å². The van der Waals surface area contributed by atoms with Gasteiger partial charge in [-0.05, 0) is 41.5 Å². The van der Waals surface area contributed by atoms with Gasteiger partial charge in [-0.1, -0.05) is 74.7 Å². The van der Waals surface area contributed by atoms with Crippen LogP contribution in [0.15, 0.2) is 48.5 Å². The van der Waals surface area contributed by atoms with Gasteiger partial charge in [0.2, 0.25) is 5.91 Å². The van der Waals surface area contributed by atoms with Crippen LogP contribution in [-0.4, -0.2) is 42.3 Å². The highest BCUT2D eigenvalue weighted by Crippen LogP contribution is 2.44. The van der Waals surface area contributed by atoms with Crippen molar-refractivity contribution in [1.82, 2.24) is 10.6 Å². The molecule has 2 amide bonds. The molecule has 0 radical (unpaired) electrons. The summed E-state index contributed by atoms with van der Waals surface area (Å²) in [6.07, 6.45) is 3.86. The molecule has 0 saturated heterocycles. The van der Waals surface area contributed by atoms with Crippen LogP contribution in [-0.2, 0) is 14.3 Å². The third kappa shape index (κ3) is 5.50. The van der Waals surface area contributed by atoms with Gasteiger partial charge >= 0.3 is 12.1 Å². The van der Waals surface area contributed by atoms with Gasteiger partial charge in [0, 0.05) is 24.9 Å². The minimum Gasteiger partial charge on any atom is -0.481 e. The summed E-state index contributed by atoms with van der Waals surface area (Å²) in [4.78, 5) is 36.9. The fourth-order valence-corrected chi connectivity index (χ4v) is 5.46. The molecule has 0 aliphatic heterocycles. The highest BCUT2D eigenvalue weighted by molar-refractivity contribution is 5.81. The van der Waals surface area contributed by atoms with Gasteiger partial charge in [0.15, 0.2) is 0 Å². The molecule has 35 heavy (non-hydrogen) atoms. The lowest BCUT2D eigenvalue weighted by atomic mass is 9.86. The maximum Gasteiger partial charge on any atom is 0.407 e. The van der Waals surface area contributed by atoms with Crippen molar-refractivity contribution in [1.29, 1.82) is 0 Å². The number of nitrogens with one attached hydrogen (secondary N) is 2. The van der Waals surface area contributed by atoms with Crippen molar-refractivity contribution in [2.45, 2.75) is 63.8 Å². The number of hydrogen-bond donors (Lipinski definition) is 3. The number of carboxylic acid groups (broad SMARTS) is 1. The van der Waals surface area contributed by atoms with E-state index in [1.54, 1.807) is 0 Å². The van der Waals surface area contributed by atoms with E-state index < -0.39 is 17.5 Å². The third-order valence-electron chi connectivity index (χ3n) is 7.37. The second kappa shape index (κ2) is 10.9. The van der Waals surface area contributed by atoms with Crippen molar-refractivity contribution in [2.24, 2.45) is 5.41 Å². The molecule has 0 bridgehead atoms. The number of carbonyl (C=O) groups is 3. The number of fused-ring (bicyclic) bond motifs is 3. The Bertz CT molecular complexity index is 1030. The molecule has 4 rings (SSSR count). The van der Waals surface area contributed by atoms with Crippen LogP contribution in [0.1, 0.15) is 68.9 Å². The van der Waals surface area contributed by atoms with Gasteiger partial charge in [-0.25, -0.2) is 4.79 Å². The number of aliphatic carboxylic acids is 1. The maximum atomic E-state index is 12.7. The summed E-state index contributed by atoms with van der Waals surface area (Å²) in [5.41, 5.74) is 3.75. The average Bonchev–Trinajstić information content (AvgIpc) is 3.46. The molecule has 7 nitrogen and oxygen atoms in total. The van der Waals surface area contributed by atoms with E-state index in [0.29, 0.717) is 19.3 Å². The monoisotopic (exact) mass is 478 g/mol. The first-order valence-electron chi connectivity index (χ1n) is 12.5. The summed E-state index contributed by atoms with van der Waals surface area (Å²) in [5, 5.41) is 15.2. The normalized spacial score (nSPS) is 16.7. The predicted octanol–water partition coefficient (Wildman–Crippen LogP) is 4.85. The molecule has 3 N–H and O–H groups in total. The fourth-order valence-electron chi connectivity index (χ4n) is 5.46. The molecule has 1 atom stereocenters. The van der Waals surface area contributed by atoms with E-state index in [4.69, 9.17) is 4.74 Å². The molecule has 186 valence electrons. The first-order valence-corrected chi connectivity index (χ1v) is 12.5. The Labute approximate surface area is 206 Å². The van der Waals surface area contributed by atoms with E-state index in [2.05, 4.69) is 34.9 Å². The van der Waals surface area contributed by atoms with E-state index in [1.165, 1.54) is 11.1 Å². The summed E-state index contributed by atoms with van der Waals surface area (Å²) in [5.74, 6) is -1.13. The molecule has 1 saturated carbocycles. The molecule has 2 aliphatic carbocycles. The molecular weight excluding hydrogens is 444 g/mol. The van der Waals surface area contributed by atoms with Gasteiger partial charge in [0.05, 0.1) is 5.41 Å². The largest absolute Gasteiger partial charge is 0.481 e. The molecule has 2 aliphatic rings. The lowest BCUT2D eigenvalue weighted by molar-refractivity contribution is -0.148. The summed E-state index contributed by atoms with van der Waals surface area (Å²) >= 11 is 0. The Morgan fingerprint density at radius 1 is 1.03 bits per heavy atom. The topological polar surface area (TPSA) is 105 Å². The number of benzene rings is 2. The minimum absolute atomic E-state index is 0.0281. The van der Waals surface area contributed by atoms with Crippen LogP contribution in [0.4, 0.5) is 4.79 Å². The highest BCUT2D eigenvalue weighted by atomic mass is 16.5. The van der Waals surface area contributed by atoms with E-state index in [1.807, 2.05) is 31.2 Å². The standard InChI is InChI=1S/C28H34N2O5/c1-2-9-19(16-25(31)29-18-28(26(32)33)14-7-8-15-28)30-27(34)35-17-24-22-12-5-3-10-20(22)21-11-4-6-13-23(21)24/h3-6,10-13,19,24H,2,7-9,14-18H2,1H3,(H,29,31)(H,30,34)(H,32,33)/t19-/m1/s1. The number of hydrogen-bond acceptors (Lipinski definition) is 4. The molecule has 0 spiro atoms. The van der Waals surface area contributed by atoms with Gasteiger partial charge in [0.25, 0.3) is 0 Å². The summed E-state index contributed by atoms with van der Waals surface area (Å²) in [6.45, 7) is 2.33. The molecule has 0 unspecified atom stereocenters. The van der Waals surface area contributed by atoms with Crippen molar-refractivity contribution < 1.29 is 24.2 Å². The molecular formula is C28H34N2O5. The van der Waals surface area contributed by atoms with E-state index in [0.717, 1.165) is 30.4 Å². The number of ether oxygens (including phenoxy) is 1. The Hall–Kier alpha value is -3.35. The zero-order valence-electron chi connectivity index (χ0n) is 20.2. The first-order chi connectivity index (χ1) is 16.9. The van der Waals surface area contributed by atoms with Crippen molar-refractivity contribution in [3.8, 4) is 11.1 Å². The van der Waals surface area contributed by atoms with Gasteiger partial charge in [-0.15, -0.1) is 0 Å². The summed E-state index contributed by atoms with van der Waals surface area (Å²) in [6, 6.07) is 15.9. The number of rotatable bonds is 10. The number of alkyl carbamates (subject to hydrolysis) is 1. The SMILES string of the molecule is CCC[C@H](CC(=O)NCC1(C(=O)O)CCCC1)NC(=O)OCC1c2ccccc2-c2ccccc21. The van der Waals surface area contributed by atoms with Crippen molar-refractivity contribution in [2.75, 3.05) is 13.2 Å². The molecule has 2 aromatic carbocycles. The zero-order chi connectivity index (χ0) is 24.8. The van der Waals surface area contributed by atoms with Crippen LogP contribution in [0.5, 0.6) is 0 Å². The quantitative estimate of drug-likeness (QED) is 0.453. The molecule has 2 aromatic rings. The number of carboxylic acids is 1. The lowest BCUT2D eigenvalue weighted by Crippen LogP contribution is -2.44. The van der Waals surface area contributed by atoms with Crippen LogP contribution < -0.4 is 10.6 Å². The van der Waals surface area contributed by atoms with Gasteiger partial charge < -0.3 is 20.5 Å². The van der Waals surface area contributed by atoms with E-state index >= 15 is 0 Å². The second-order valence-corrected chi connectivity index (χ2v) is 9.73. The molecule has 7 heteroatoms. The summed E-state index contributed by atoms with van der Waals surface area (Å²) in [7, 11) is 0. The molecule has 0 heterocycles. The average molecular weight is 479 g/mol. The Kier molecular flexibility index (Phi) is 7.73.